The summed E-state index contributed by atoms with van der Waals surface area (Å²) in [5, 5.41) is 1.99. The largest absolute Gasteiger partial charge is 0.306 e. The Bertz CT molecular complexity index is 905. The number of H-pyrrole nitrogens is 1. The van der Waals surface area contributed by atoms with Crippen molar-refractivity contribution in [2.24, 2.45) is 0 Å². The molecule has 0 saturated heterocycles. The number of nitrogens with zero attached hydrogens (tertiary/aromatic N) is 3. The molecule has 1 aliphatic rings. The van der Waals surface area contributed by atoms with Crippen LogP contribution >= 0.6 is 27.3 Å². The number of fused-ring (bicyclic) bond motifs is 1. The van der Waals surface area contributed by atoms with Gasteiger partial charge in [-0.15, -0.1) is 11.3 Å². The Morgan fingerprint density at radius 3 is 3.00 bits per heavy atom. The summed E-state index contributed by atoms with van der Waals surface area (Å²) in [6, 6.07) is 7.93. The summed E-state index contributed by atoms with van der Waals surface area (Å²) in [7, 11) is 0. The normalized spacial score (nSPS) is 14.5. The SMILES string of the molecule is O=c1[nH]c(-c2cccs2)nc2c1CN(Cc1ccc(Br)nc1)CC2. The predicted octanol–water partition coefficient (Wildman–Crippen LogP) is 3.21. The number of thiophene rings is 1. The van der Waals surface area contributed by atoms with Gasteiger partial charge in [-0.3, -0.25) is 9.69 Å². The van der Waals surface area contributed by atoms with E-state index in [2.05, 4.69) is 41.8 Å². The molecule has 0 spiro atoms. The number of nitrogens with one attached hydrogen (secondary N) is 1. The van der Waals surface area contributed by atoms with Crippen LogP contribution in [0.15, 0.2) is 45.2 Å². The van der Waals surface area contributed by atoms with Gasteiger partial charge in [-0.25, -0.2) is 9.97 Å². The molecule has 0 unspecified atom stereocenters. The van der Waals surface area contributed by atoms with Crippen molar-refractivity contribution in [2.45, 2.75) is 19.5 Å². The Balaban J connectivity index is 1.57. The van der Waals surface area contributed by atoms with Crippen LogP contribution in [0.25, 0.3) is 10.7 Å². The van der Waals surface area contributed by atoms with Crippen molar-refractivity contribution in [3.8, 4) is 10.7 Å². The summed E-state index contributed by atoms with van der Waals surface area (Å²) < 4.78 is 0.831. The van der Waals surface area contributed by atoms with E-state index in [0.29, 0.717) is 12.4 Å². The van der Waals surface area contributed by atoms with Crippen molar-refractivity contribution in [1.29, 1.82) is 0 Å². The molecule has 3 aromatic heterocycles. The lowest BCUT2D eigenvalue weighted by atomic mass is 10.1. The molecule has 1 aliphatic heterocycles. The van der Waals surface area contributed by atoms with Crippen molar-refractivity contribution in [3.05, 3.63) is 67.6 Å². The van der Waals surface area contributed by atoms with Crippen LogP contribution in [0.2, 0.25) is 0 Å². The standard InChI is InChI=1S/C17H15BrN4OS/c18-15-4-3-11(8-19-15)9-22-6-5-13-12(10-22)17(23)21-16(20-13)14-2-1-7-24-14/h1-4,7-8H,5-6,9-10H2,(H,20,21,23). The Kier molecular flexibility index (Phi) is 4.30. The van der Waals surface area contributed by atoms with Crippen molar-refractivity contribution in [2.75, 3.05) is 6.54 Å². The first-order chi connectivity index (χ1) is 11.7. The second-order valence-corrected chi connectivity index (χ2v) is 7.53. The maximum absolute atomic E-state index is 12.5. The highest BCUT2D eigenvalue weighted by Crippen LogP contribution is 2.23. The molecule has 4 rings (SSSR count). The van der Waals surface area contributed by atoms with Gasteiger partial charge in [-0.1, -0.05) is 12.1 Å². The number of halogens is 1. The van der Waals surface area contributed by atoms with E-state index in [1.165, 1.54) is 0 Å². The predicted molar refractivity (Wildman–Crippen MR) is 97.9 cm³/mol. The van der Waals surface area contributed by atoms with Crippen LogP contribution < -0.4 is 5.56 Å². The van der Waals surface area contributed by atoms with Crippen molar-refractivity contribution in [3.63, 3.8) is 0 Å². The van der Waals surface area contributed by atoms with Gasteiger partial charge in [-0.2, -0.15) is 0 Å². The minimum atomic E-state index is -0.0259. The van der Waals surface area contributed by atoms with Gasteiger partial charge in [0.1, 0.15) is 4.60 Å². The average molecular weight is 403 g/mol. The summed E-state index contributed by atoms with van der Waals surface area (Å²) >= 11 is 4.93. The molecule has 7 heteroatoms. The molecule has 0 amide bonds. The molecule has 0 fully saturated rings. The Labute approximate surface area is 151 Å². The zero-order chi connectivity index (χ0) is 16.5. The lowest BCUT2D eigenvalue weighted by Crippen LogP contribution is -2.35. The molecule has 5 nitrogen and oxygen atoms in total. The van der Waals surface area contributed by atoms with Crippen LogP contribution in [-0.2, 0) is 19.5 Å². The quantitative estimate of drug-likeness (QED) is 0.683. The summed E-state index contributed by atoms with van der Waals surface area (Å²) in [5.74, 6) is 0.680. The fourth-order valence-electron chi connectivity index (χ4n) is 2.90. The van der Waals surface area contributed by atoms with Gasteiger partial charge in [-0.05, 0) is 39.0 Å². The molecule has 0 bridgehead atoms. The summed E-state index contributed by atoms with van der Waals surface area (Å²) in [4.78, 5) is 27.6. The third-order valence-corrected chi connectivity index (χ3v) is 5.44. The van der Waals surface area contributed by atoms with Gasteiger partial charge in [0.15, 0.2) is 5.82 Å². The topological polar surface area (TPSA) is 61.9 Å². The number of aromatic nitrogens is 3. The van der Waals surface area contributed by atoms with E-state index in [4.69, 9.17) is 0 Å². The van der Waals surface area contributed by atoms with E-state index >= 15 is 0 Å². The van der Waals surface area contributed by atoms with E-state index < -0.39 is 0 Å². The molecule has 1 N–H and O–H groups in total. The lowest BCUT2D eigenvalue weighted by Gasteiger charge is -2.27. The highest BCUT2D eigenvalue weighted by Gasteiger charge is 2.21. The fraction of sp³-hybridized carbons (Fsp3) is 0.235. The van der Waals surface area contributed by atoms with Gasteiger partial charge >= 0.3 is 0 Å². The zero-order valence-electron chi connectivity index (χ0n) is 12.8. The van der Waals surface area contributed by atoms with E-state index in [1.54, 1.807) is 11.3 Å². The van der Waals surface area contributed by atoms with Crippen molar-refractivity contribution < 1.29 is 0 Å². The Morgan fingerprint density at radius 1 is 1.33 bits per heavy atom. The third-order valence-electron chi connectivity index (χ3n) is 4.10. The number of pyridine rings is 1. The first-order valence-corrected chi connectivity index (χ1v) is 9.35. The van der Waals surface area contributed by atoms with Crippen LogP contribution in [0, 0.1) is 0 Å². The number of rotatable bonds is 3. The Morgan fingerprint density at radius 2 is 2.25 bits per heavy atom. The highest BCUT2D eigenvalue weighted by atomic mass is 79.9. The van der Waals surface area contributed by atoms with E-state index in [-0.39, 0.29) is 5.56 Å². The summed E-state index contributed by atoms with van der Waals surface area (Å²) in [5.41, 5.74) is 2.82. The molecule has 4 heterocycles. The monoisotopic (exact) mass is 402 g/mol. The minimum absolute atomic E-state index is 0.0259. The van der Waals surface area contributed by atoms with Crippen LogP contribution in [-0.4, -0.2) is 26.4 Å². The number of hydrogen-bond acceptors (Lipinski definition) is 5. The highest BCUT2D eigenvalue weighted by molar-refractivity contribution is 9.10. The van der Waals surface area contributed by atoms with Crippen molar-refractivity contribution >= 4 is 27.3 Å². The van der Waals surface area contributed by atoms with Crippen LogP contribution in [0.3, 0.4) is 0 Å². The first-order valence-electron chi connectivity index (χ1n) is 7.68. The molecule has 0 radical (unpaired) electrons. The Hall–Kier alpha value is -1.83. The van der Waals surface area contributed by atoms with E-state index in [9.17, 15) is 4.79 Å². The molecule has 0 aromatic carbocycles. The fourth-order valence-corrected chi connectivity index (χ4v) is 3.81. The molecular formula is C17H15BrN4OS. The second-order valence-electron chi connectivity index (χ2n) is 5.77. The van der Waals surface area contributed by atoms with Crippen LogP contribution in [0.4, 0.5) is 0 Å². The van der Waals surface area contributed by atoms with Gasteiger partial charge < -0.3 is 4.98 Å². The smallest absolute Gasteiger partial charge is 0.255 e. The first kappa shape index (κ1) is 15.7. The molecule has 0 atom stereocenters. The molecule has 3 aromatic rings. The average Bonchev–Trinajstić information content (AvgIpc) is 3.12. The molecule has 0 aliphatic carbocycles. The van der Waals surface area contributed by atoms with E-state index in [1.807, 2.05) is 29.8 Å². The molecule has 122 valence electrons. The lowest BCUT2D eigenvalue weighted by molar-refractivity contribution is 0.241. The third kappa shape index (κ3) is 3.19. The molecule has 24 heavy (non-hydrogen) atoms. The molecular weight excluding hydrogens is 388 g/mol. The second kappa shape index (κ2) is 6.58. The van der Waals surface area contributed by atoms with Gasteiger partial charge in [0.25, 0.3) is 5.56 Å². The van der Waals surface area contributed by atoms with E-state index in [0.717, 1.165) is 45.8 Å². The van der Waals surface area contributed by atoms with Crippen molar-refractivity contribution in [1.82, 2.24) is 19.9 Å². The summed E-state index contributed by atoms with van der Waals surface area (Å²) in [6.07, 6.45) is 2.66. The minimum Gasteiger partial charge on any atom is -0.306 e. The van der Waals surface area contributed by atoms with Crippen LogP contribution in [0.1, 0.15) is 16.8 Å². The number of hydrogen-bond donors (Lipinski definition) is 1. The number of aromatic amines is 1. The maximum Gasteiger partial charge on any atom is 0.255 e. The summed E-state index contributed by atoms with van der Waals surface area (Å²) in [6.45, 7) is 2.30. The van der Waals surface area contributed by atoms with Gasteiger partial charge in [0, 0.05) is 32.3 Å². The maximum atomic E-state index is 12.5. The zero-order valence-corrected chi connectivity index (χ0v) is 15.2. The molecule has 0 saturated carbocycles. The van der Waals surface area contributed by atoms with Gasteiger partial charge in [0.05, 0.1) is 16.1 Å². The van der Waals surface area contributed by atoms with Gasteiger partial charge in [0.2, 0.25) is 0 Å². The van der Waals surface area contributed by atoms with Crippen LogP contribution in [0.5, 0.6) is 0 Å².